The molecule has 0 bridgehead atoms. The molecule has 0 saturated carbocycles. The second-order valence-corrected chi connectivity index (χ2v) is 9.14. The Morgan fingerprint density at radius 1 is 0.909 bits per heavy atom. The van der Waals surface area contributed by atoms with Gasteiger partial charge < -0.3 is 9.64 Å². The van der Waals surface area contributed by atoms with Crippen molar-refractivity contribution in [3.05, 3.63) is 66.6 Å². The highest BCUT2D eigenvalue weighted by Gasteiger charge is 2.17. The molecule has 1 N–H and O–H groups in total. The highest BCUT2D eigenvalue weighted by Crippen LogP contribution is 2.26. The second-order valence-electron chi connectivity index (χ2n) is 9.14. The van der Waals surface area contributed by atoms with E-state index in [1.165, 1.54) is 17.5 Å². The van der Waals surface area contributed by atoms with E-state index in [-0.39, 0.29) is 0 Å². The Morgan fingerprint density at radius 3 is 2.36 bits per heavy atom. The van der Waals surface area contributed by atoms with Crippen LogP contribution in [0.4, 0.5) is 0 Å². The largest absolute Gasteiger partial charge is 0.424 e. The average molecular weight is 443 g/mol. The maximum absolute atomic E-state index is 5.89. The highest BCUT2D eigenvalue weighted by molar-refractivity contribution is 5.84. The van der Waals surface area contributed by atoms with Gasteiger partial charge in [-0.05, 0) is 46.5 Å². The Labute approximate surface area is 194 Å². The van der Waals surface area contributed by atoms with Crippen LogP contribution in [0, 0.1) is 5.92 Å². The smallest absolute Gasteiger partial charge is 0.321 e. The van der Waals surface area contributed by atoms with Crippen molar-refractivity contribution in [3.63, 3.8) is 0 Å². The molecule has 170 valence electrons. The summed E-state index contributed by atoms with van der Waals surface area (Å²) in [6.45, 7) is 11.4. The van der Waals surface area contributed by atoms with Gasteiger partial charge in [0.05, 0.1) is 5.69 Å². The quantitative estimate of drug-likeness (QED) is 0.452. The molecule has 33 heavy (non-hydrogen) atoms. The topological polar surface area (TPSA) is 70.2 Å². The number of hydrogen-bond acceptors (Lipinski definition) is 6. The lowest BCUT2D eigenvalue weighted by molar-refractivity contribution is 0.117. The summed E-state index contributed by atoms with van der Waals surface area (Å²) in [5.74, 6) is 1.46. The van der Waals surface area contributed by atoms with Gasteiger partial charge in [-0.2, -0.15) is 5.10 Å². The molecule has 5 rings (SSSR count). The zero-order valence-electron chi connectivity index (χ0n) is 19.2. The molecule has 1 fully saturated rings. The third-order valence-electron chi connectivity index (χ3n) is 6.02. The summed E-state index contributed by atoms with van der Waals surface area (Å²) in [4.78, 5) is 13.8. The highest BCUT2D eigenvalue weighted by atomic mass is 16.5. The van der Waals surface area contributed by atoms with E-state index >= 15 is 0 Å². The first-order chi connectivity index (χ1) is 16.1. The van der Waals surface area contributed by atoms with Gasteiger partial charge in [0.25, 0.3) is 0 Å². The number of nitrogens with one attached hydrogen (secondary N) is 1. The zero-order valence-corrected chi connectivity index (χ0v) is 19.2. The van der Waals surface area contributed by atoms with Crippen LogP contribution in [-0.4, -0.2) is 62.7 Å². The first kappa shape index (κ1) is 21.6. The molecule has 1 aliphatic heterocycles. The lowest BCUT2D eigenvalue weighted by atomic mass is 10.1. The number of benzene rings is 2. The van der Waals surface area contributed by atoms with Crippen LogP contribution in [0.1, 0.15) is 19.4 Å². The van der Waals surface area contributed by atoms with Gasteiger partial charge >= 0.3 is 6.01 Å². The van der Waals surface area contributed by atoms with E-state index in [2.05, 4.69) is 68.1 Å². The normalized spacial score (nSPS) is 15.4. The van der Waals surface area contributed by atoms with Crippen molar-refractivity contribution >= 4 is 10.8 Å². The number of nitrogens with zero attached hydrogens (tertiary/aromatic N) is 5. The maximum Gasteiger partial charge on any atom is 0.321 e. The van der Waals surface area contributed by atoms with Crippen LogP contribution >= 0.6 is 0 Å². The molecule has 0 radical (unpaired) electrons. The van der Waals surface area contributed by atoms with E-state index in [9.17, 15) is 0 Å². The number of piperazine rings is 1. The number of aromatic nitrogens is 4. The van der Waals surface area contributed by atoms with Crippen molar-refractivity contribution in [2.45, 2.75) is 20.4 Å². The predicted octanol–water partition coefficient (Wildman–Crippen LogP) is 4.59. The third kappa shape index (κ3) is 5.38. The van der Waals surface area contributed by atoms with Gasteiger partial charge in [0, 0.05) is 63.4 Å². The van der Waals surface area contributed by atoms with E-state index in [4.69, 9.17) is 4.74 Å². The summed E-state index contributed by atoms with van der Waals surface area (Å²) < 4.78 is 5.89. The molecule has 7 nitrogen and oxygen atoms in total. The van der Waals surface area contributed by atoms with Crippen molar-refractivity contribution < 1.29 is 4.74 Å². The molecule has 2 aromatic heterocycles. The Kier molecular flexibility index (Phi) is 6.32. The third-order valence-corrected chi connectivity index (χ3v) is 6.02. The van der Waals surface area contributed by atoms with Crippen LogP contribution in [0.25, 0.3) is 22.0 Å². The minimum atomic E-state index is 0.325. The van der Waals surface area contributed by atoms with Crippen molar-refractivity contribution in [1.29, 1.82) is 0 Å². The lowest BCUT2D eigenvalue weighted by Gasteiger charge is -2.35. The van der Waals surface area contributed by atoms with E-state index in [0.29, 0.717) is 6.01 Å². The van der Waals surface area contributed by atoms with Crippen molar-refractivity contribution in [2.24, 2.45) is 5.92 Å². The SMILES string of the molecule is CC(C)CN1CCN(Cc2ccc3cc(Oc4ncc(-c5ccn[nH]5)cn4)ccc3c2)CC1. The second kappa shape index (κ2) is 9.68. The molecule has 3 heterocycles. The Hall–Kier alpha value is -3.29. The van der Waals surface area contributed by atoms with E-state index < -0.39 is 0 Å². The van der Waals surface area contributed by atoms with Crippen molar-refractivity contribution in [2.75, 3.05) is 32.7 Å². The van der Waals surface area contributed by atoms with Gasteiger partial charge in [-0.25, -0.2) is 9.97 Å². The van der Waals surface area contributed by atoms with E-state index in [1.807, 2.05) is 18.2 Å². The number of fused-ring (bicyclic) bond motifs is 1. The Bertz CT molecular complexity index is 1180. The molecule has 7 heteroatoms. The fourth-order valence-corrected chi connectivity index (χ4v) is 4.37. The first-order valence-electron chi connectivity index (χ1n) is 11.6. The van der Waals surface area contributed by atoms with Crippen LogP contribution in [0.15, 0.2) is 61.1 Å². The van der Waals surface area contributed by atoms with Crippen LogP contribution in [0.2, 0.25) is 0 Å². The van der Waals surface area contributed by atoms with E-state index in [1.54, 1.807) is 18.6 Å². The average Bonchev–Trinajstić information content (AvgIpc) is 3.36. The molecule has 0 unspecified atom stereocenters. The number of aromatic amines is 1. The van der Waals surface area contributed by atoms with Crippen molar-refractivity contribution in [1.82, 2.24) is 30.0 Å². The van der Waals surface area contributed by atoms with Gasteiger partial charge in [-0.15, -0.1) is 0 Å². The van der Waals surface area contributed by atoms with Crippen LogP contribution in [-0.2, 0) is 6.54 Å². The molecule has 4 aromatic rings. The molecule has 0 aliphatic carbocycles. The van der Waals surface area contributed by atoms with Crippen LogP contribution < -0.4 is 4.74 Å². The first-order valence-corrected chi connectivity index (χ1v) is 11.6. The molecular formula is C26H30N6O. The fraction of sp³-hybridized carbons (Fsp3) is 0.346. The summed E-state index contributed by atoms with van der Waals surface area (Å²) in [5, 5.41) is 9.22. The number of H-pyrrole nitrogens is 1. The lowest BCUT2D eigenvalue weighted by Crippen LogP contribution is -2.46. The van der Waals surface area contributed by atoms with Crippen LogP contribution in [0.3, 0.4) is 0 Å². The summed E-state index contributed by atoms with van der Waals surface area (Å²) in [7, 11) is 0. The number of rotatable bonds is 7. The van der Waals surface area contributed by atoms with E-state index in [0.717, 1.165) is 61.0 Å². The molecule has 0 amide bonds. The maximum atomic E-state index is 5.89. The van der Waals surface area contributed by atoms with Gasteiger partial charge in [0.2, 0.25) is 0 Å². The van der Waals surface area contributed by atoms with Gasteiger partial charge in [0.15, 0.2) is 0 Å². The summed E-state index contributed by atoms with van der Waals surface area (Å²) in [6, 6.07) is 15.0. The summed E-state index contributed by atoms with van der Waals surface area (Å²) in [5.41, 5.74) is 3.10. The van der Waals surface area contributed by atoms with Crippen LogP contribution in [0.5, 0.6) is 11.8 Å². The van der Waals surface area contributed by atoms with Gasteiger partial charge in [-0.1, -0.05) is 32.0 Å². The minimum absolute atomic E-state index is 0.325. The molecule has 1 aliphatic rings. The summed E-state index contributed by atoms with van der Waals surface area (Å²) in [6.07, 6.45) is 5.16. The molecule has 1 saturated heterocycles. The minimum Gasteiger partial charge on any atom is -0.424 e. The Morgan fingerprint density at radius 2 is 1.64 bits per heavy atom. The monoisotopic (exact) mass is 442 g/mol. The summed E-state index contributed by atoms with van der Waals surface area (Å²) >= 11 is 0. The fourth-order valence-electron chi connectivity index (χ4n) is 4.37. The Balaban J connectivity index is 1.21. The predicted molar refractivity (Wildman–Crippen MR) is 130 cm³/mol. The molecule has 2 aromatic carbocycles. The molecule has 0 atom stereocenters. The van der Waals surface area contributed by atoms with Gasteiger partial charge in [0.1, 0.15) is 5.75 Å². The number of ether oxygens (including phenoxy) is 1. The molecular weight excluding hydrogens is 412 g/mol. The van der Waals surface area contributed by atoms with Gasteiger partial charge in [-0.3, -0.25) is 10.00 Å². The van der Waals surface area contributed by atoms with Crippen molar-refractivity contribution in [3.8, 4) is 23.0 Å². The molecule has 0 spiro atoms. The number of hydrogen-bond donors (Lipinski definition) is 1. The standard InChI is InChI=1S/C26H30N6O/c1-19(2)17-31-9-11-32(12-10-31)18-20-3-4-22-14-24(6-5-21(22)13-20)33-26-27-15-23(16-28-26)25-7-8-29-30-25/h3-8,13-16,19H,9-12,17-18H2,1-2H3,(H,29,30). The zero-order chi connectivity index (χ0) is 22.6.